The maximum absolute atomic E-state index is 5.92. The highest BCUT2D eigenvalue weighted by molar-refractivity contribution is 9.10. The SMILES string of the molecule is CCC(CBr)(CCOc1cccc(Br)c1)c1ccccc1. The van der Waals surface area contributed by atoms with Gasteiger partial charge in [-0.05, 0) is 36.6 Å². The van der Waals surface area contributed by atoms with E-state index in [-0.39, 0.29) is 5.41 Å². The van der Waals surface area contributed by atoms with Crippen LogP contribution in [0.5, 0.6) is 5.75 Å². The van der Waals surface area contributed by atoms with Gasteiger partial charge in [-0.15, -0.1) is 0 Å². The minimum atomic E-state index is 0.132. The van der Waals surface area contributed by atoms with E-state index in [0.717, 1.165) is 28.4 Å². The Bertz CT molecular complexity index is 550. The van der Waals surface area contributed by atoms with Crippen LogP contribution < -0.4 is 4.74 Å². The van der Waals surface area contributed by atoms with Gasteiger partial charge in [0.15, 0.2) is 0 Å². The number of halogens is 2. The maximum atomic E-state index is 5.92. The van der Waals surface area contributed by atoms with Gasteiger partial charge in [0.1, 0.15) is 5.75 Å². The van der Waals surface area contributed by atoms with Gasteiger partial charge in [-0.2, -0.15) is 0 Å². The van der Waals surface area contributed by atoms with Gasteiger partial charge in [-0.1, -0.05) is 75.2 Å². The molecule has 0 heterocycles. The molecule has 0 aliphatic carbocycles. The molecule has 0 N–H and O–H groups in total. The first-order valence-corrected chi connectivity index (χ1v) is 9.11. The molecule has 0 saturated carbocycles. The minimum absolute atomic E-state index is 0.132. The lowest BCUT2D eigenvalue weighted by Crippen LogP contribution is -2.29. The van der Waals surface area contributed by atoms with E-state index in [1.807, 2.05) is 24.3 Å². The molecule has 3 heteroatoms. The third-order valence-corrected chi connectivity index (χ3v) is 5.53. The van der Waals surface area contributed by atoms with Crippen LogP contribution in [0.25, 0.3) is 0 Å². The highest BCUT2D eigenvalue weighted by atomic mass is 79.9. The second-order valence-electron chi connectivity index (χ2n) is 5.19. The van der Waals surface area contributed by atoms with Crippen LogP contribution in [0.3, 0.4) is 0 Å². The van der Waals surface area contributed by atoms with E-state index in [0.29, 0.717) is 6.61 Å². The average molecular weight is 412 g/mol. The first-order valence-electron chi connectivity index (χ1n) is 7.20. The summed E-state index contributed by atoms with van der Waals surface area (Å²) < 4.78 is 6.96. The molecule has 0 aliphatic rings. The Morgan fingerprint density at radius 3 is 2.43 bits per heavy atom. The van der Waals surface area contributed by atoms with Crippen molar-refractivity contribution in [1.29, 1.82) is 0 Å². The van der Waals surface area contributed by atoms with Crippen molar-refractivity contribution in [2.75, 3.05) is 11.9 Å². The van der Waals surface area contributed by atoms with Gasteiger partial charge >= 0.3 is 0 Å². The number of rotatable bonds is 7. The number of ether oxygens (including phenoxy) is 1. The molecule has 1 nitrogen and oxygen atoms in total. The van der Waals surface area contributed by atoms with Crippen LogP contribution in [-0.4, -0.2) is 11.9 Å². The van der Waals surface area contributed by atoms with Crippen molar-refractivity contribution in [1.82, 2.24) is 0 Å². The molecule has 2 aromatic rings. The Kier molecular flexibility index (Phi) is 6.31. The maximum Gasteiger partial charge on any atom is 0.120 e. The fourth-order valence-corrected chi connectivity index (χ4v) is 3.86. The third-order valence-electron chi connectivity index (χ3n) is 3.96. The van der Waals surface area contributed by atoms with Crippen LogP contribution in [0.4, 0.5) is 0 Å². The molecule has 0 spiro atoms. The van der Waals surface area contributed by atoms with Gasteiger partial charge in [0.25, 0.3) is 0 Å². The van der Waals surface area contributed by atoms with Crippen molar-refractivity contribution in [2.24, 2.45) is 0 Å². The summed E-state index contributed by atoms with van der Waals surface area (Å²) in [5.41, 5.74) is 1.51. The summed E-state index contributed by atoms with van der Waals surface area (Å²) in [5.74, 6) is 0.914. The van der Waals surface area contributed by atoms with E-state index in [1.54, 1.807) is 0 Å². The van der Waals surface area contributed by atoms with E-state index in [1.165, 1.54) is 5.56 Å². The molecule has 0 aromatic heterocycles. The van der Waals surface area contributed by atoms with E-state index in [2.05, 4.69) is 69.1 Å². The predicted molar refractivity (Wildman–Crippen MR) is 96.5 cm³/mol. The van der Waals surface area contributed by atoms with Crippen molar-refractivity contribution >= 4 is 31.9 Å². The average Bonchev–Trinajstić information content (AvgIpc) is 2.53. The molecule has 0 saturated heterocycles. The first kappa shape index (κ1) is 16.6. The van der Waals surface area contributed by atoms with Gasteiger partial charge in [0, 0.05) is 15.2 Å². The van der Waals surface area contributed by atoms with Crippen molar-refractivity contribution < 1.29 is 4.74 Å². The number of hydrogen-bond acceptors (Lipinski definition) is 1. The minimum Gasteiger partial charge on any atom is -0.494 e. The van der Waals surface area contributed by atoms with Gasteiger partial charge in [0.05, 0.1) is 6.61 Å². The van der Waals surface area contributed by atoms with Gasteiger partial charge in [-0.3, -0.25) is 0 Å². The first-order chi connectivity index (χ1) is 10.2. The highest BCUT2D eigenvalue weighted by Gasteiger charge is 2.28. The lowest BCUT2D eigenvalue weighted by Gasteiger charge is -2.31. The number of hydrogen-bond donors (Lipinski definition) is 0. The Morgan fingerprint density at radius 1 is 1.05 bits per heavy atom. The second kappa shape index (κ2) is 8.00. The summed E-state index contributed by atoms with van der Waals surface area (Å²) >= 11 is 7.18. The smallest absolute Gasteiger partial charge is 0.120 e. The largest absolute Gasteiger partial charge is 0.494 e. The van der Waals surface area contributed by atoms with E-state index in [9.17, 15) is 0 Å². The normalized spacial score (nSPS) is 13.7. The molecule has 112 valence electrons. The van der Waals surface area contributed by atoms with Crippen LogP contribution in [0.1, 0.15) is 25.3 Å². The van der Waals surface area contributed by atoms with Crippen molar-refractivity contribution in [2.45, 2.75) is 25.2 Å². The van der Waals surface area contributed by atoms with Crippen LogP contribution >= 0.6 is 31.9 Å². The predicted octanol–water partition coefficient (Wildman–Crippen LogP) is 5.96. The Hall–Kier alpha value is -0.800. The summed E-state index contributed by atoms with van der Waals surface area (Å²) in [6, 6.07) is 18.7. The summed E-state index contributed by atoms with van der Waals surface area (Å²) in [4.78, 5) is 0. The Balaban J connectivity index is 2.04. The van der Waals surface area contributed by atoms with Gasteiger partial charge in [0.2, 0.25) is 0 Å². The zero-order chi connectivity index (χ0) is 15.1. The van der Waals surface area contributed by atoms with Crippen LogP contribution in [0.15, 0.2) is 59.1 Å². The topological polar surface area (TPSA) is 9.23 Å². The fraction of sp³-hybridized carbons (Fsp3) is 0.333. The quantitative estimate of drug-likeness (QED) is 0.510. The van der Waals surface area contributed by atoms with Gasteiger partial charge < -0.3 is 4.74 Å². The van der Waals surface area contributed by atoms with Crippen LogP contribution in [0, 0.1) is 0 Å². The molecule has 0 amide bonds. The van der Waals surface area contributed by atoms with E-state index >= 15 is 0 Å². The summed E-state index contributed by atoms with van der Waals surface area (Å²) in [6.07, 6.45) is 2.08. The molecule has 2 aromatic carbocycles. The van der Waals surface area contributed by atoms with E-state index < -0.39 is 0 Å². The molecule has 2 rings (SSSR count). The number of benzene rings is 2. The molecule has 1 atom stereocenters. The molecule has 0 radical (unpaired) electrons. The van der Waals surface area contributed by atoms with Crippen LogP contribution in [-0.2, 0) is 5.41 Å². The molecular formula is C18H20Br2O. The van der Waals surface area contributed by atoms with Crippen molar-refractivity contribution in [3.05, 3.63) is 64.6 Å². The van der Waals surface area contributed by atoms with Crippen molar-refractivity contribution in [3.63, 3.8) is 0 Å². The van der Waals surface area contributed by atoms with Crippen molar-refractivity contribution in [3.8, 4) is 5.75 Å². The number of alkyl halides is 1. The Morgan fingerprint density at radius 2 is 1.81 bits per heavy atom. The zero-order valence-corrected chi connectivity index (χ0v) is 15.4. The highest BCUT2D eigenvalue weighted by Crippen LogP contribution is 2.34. The Labute approximate surface area is 144 Å². The standard InChI is InChI=1S/C18H20Br2O/c1-2-18(14-19,15-7-4-3-5-8-15)11-12-21-17-10-6-9-16(20)13-17/h3-10,13H,2,11-12,14H2,1H3. The molecule has 0 fully saturated rings. The lowest BCUT2D eigenvalue weighted by molar-refractivity contribution is 0.263. The molecule has 1 unspecified atom stereocenters. The third kappa shape index (κ3) is 4.33. The lowest BCUT2D eigenvalue weighted by atomic mass is 9.77. The summed E-state index contributed by atoms with van der Waals surface area (Å²) in [5, 5.41) is 0.947. The fourth-order valence-electron chi connectivity index (χ4n) is 2.48. The summed E-state index contributed by atoms with van der Waals surface area (Å²) in [7, 11) is 0. The molecular weight excluding hydrogens is 392 g/mol. The summed E-state index contributed by atoms with van der Waals surface area (Å²) in [6.45, 7) is 2.96. The second-order valence-corrected chi connectivity index (χ2v) is 6.67. The molecule has 21 heavy (non-hydrogen) atoms. The monoisotopic (exact) mass is 410 g/mol. The zero-order valence-electron chi connectivity index (χ0n) is 12.2. The molecule has 0 bridgehead atoms. The van der Waals surface area contributed by atoms with Gasteiger partial charge in [-0.25, -0.2) is 0 Å². The van der Waals surface area contributed by atoms with Crippen LogP contribution in [0.2, 0.25) is 0 Å². The molecule has 0 aliphatic heterocycles. The van der Waals surface area contributed by atoms with E-state index in [4.69, 9.17) is 4.74 Å².